The number of morpholine rings is 1. The average Bonchev–Trinajstić information content (AvgIpc) is 2.93. The molecule has 1 amide bonds. The Morgan fingerprint density at radius 2 is 2.17 bits per heavy atom. The van der Waals surface area contributed by atoms with Crippen molar-refractivity contribution in [2.75, 3.05) is 32.8 Å². The zero-order valence-corrected chi connectivity index (χ0v) is 14.0. The monoisotopic (exact) mass is 331 g/mol. The normalized spacial score (nSPS) is 25.0. The number of para-hydroxylation sites is 1. The highest BCUT2D eigenvalue weighted by Gasteiger charge is 2.36. The van der Waals surface area contributed by atoms with Gasteiger partial charge in [0, 0.05) is 31.1 Å². The summed E-state index contributed by atoms with van der Waals surface area (Å²) in [6.45, 7) is 7.65. The molecule has 1 N–H and O–H groups in total. The quantitative estimate of drug-likeness (QED) is 0.871. The van der Waals surface area contributed by atoms with Gasteiger partial charge in [0.1, 0.15) is 11.5 Å². The van der Waals surface area contributed by atoms with Crippen molar-refractivity contribution in [1.82, 2.24) is 14.8 Å². The Hall–Kier alpha value is -1.92. The number of carbonyl (C=O) groups is 1. The Balaban J connectivity index is 1.60. The van der Waals surface area contributed by atoms with Crippen LogP contribution in [0.3, 0.4) is 0 Å². The van der Waals surface area contributed by atoms with Gasteiger partial charge >= 0.3 is 0 Å². The van der Waals surface area contributed by atoms with E-state index >= 15 is 0 Å². The van der Waals surface area contributed by atoms with Gasteiger partial charge in [-0.25, -0.2) is 4.39 Å². The van der Waals surface area contributed by atoms with E-state index in [0.717, 1.165) is 24.1 Å². The van der Waals surface area contributed by atoms with Crippen molar-refractivity contribution >= 4 is 16.8 Å². The van der Waals surface area contributed by atoms with Gasteiger partial charge in [-0.15, -0.1) is 0 Å². The van der Waals surface area contributed by atoms with Crippen LogP contribution in [-0.2, 0) is 4.74 Å². The van der Waals surface area contributed by atoms with E-state index in [2.05, 4.69) is 16.8 Å². The number of hydrogen-bond donors (Lipinski definition) is 1. The van der Waals surface area contributed by atoms with Gasteiger partial charge in [-0.3, -0.25) is 9.69 Å². The van der Waals surface area contributed by atoms with E-state index in [4.69, 9.17) is 4.74 Å². The molecular formula is C18H22FN3O2. The Bertz CT molecular complexity index is 788. The number of halogens is 1. The number of benzene rings is 1. The number of fused-ring (bicyclic) bond motifs is 2. The third kappa shape index (κ3) is 2.41. The molecule has 0 unspecified atom stereocenters. The molecule has 0 saturated carbocycles. The number of H-pyrrole nitrogens is 1. The van der Waals surface area contributed by atoms with Gasteiger partial charge in [0.15, 0.2) is 0 Å². The zero-order valence-electron chi connectivity index (χ0n) is 14.0. The van der Waals surface area contributed by atoms with E-state index in [1.807, 2.05) is 17.9 Å². The molecule has 1 aromatic carbocycles. The SMILES string of the molecule is Cc1c(C(=O)N2CCN3[C@@H](COC[C@@H]3C)C2)[nH]c2c(F)cccc12. The minimum absolute atomic E-state index is 0.0547. The number of carbonyl (C=O) groups excluding carboxylic acids is 1. The number of ether oxygens (including phenoxy) is 1. The van der Waals surface area contributed by atoms with Crippen LogP contribution in [0.5, 0.6) is 0 Å². The number of nitrogens with one attached hydrogen (secondary N) is 1. The van der Waals surface area contributed by atoms with Crippen LogP contribution in [0.1, 0.15) is 23.0 Å². The first kappa shape index (κ1) is 15.6. The first-order valence-electron chi connectivity index (χ1n) is 8.46. The molecule has 24 heavy (non-hydrogen) atoms. The Kier molecular flexibility index (Phi) is 3.81. The van der Waals surface area contributed by atoms with E-state index in [1.54, 1.807) is 6.07 Å². The van der Waals surface area contributed by atoms with Crippen LogP contribution < -0.4 is 0 Å². The lowest BCUT2D eigenvalue weighted by Crippen LogP contribution is -2.62. The number of hydrogen-bond acceptors (Lipinski definition) is 3. The van der Waals surface area contributed by atoms with Crippen LogP contribution in [0.2, 0.25) is 0 Å². The van der Waals surface area contributed by atoms with Crippen molar-refractivity contribution in [3.63, 3.8) is 0 Å². The van der Waals surface area contributed by atoms with Gasteiger partial charge in [-0.2, -0.15) is 0 Å². The molecule has 2 aliphatic rings. The van der Waals surface area contributed by atoms with Crippen LogP contribution in [0.25, 0.3) is 10.9 Å². The lowest BCUT2D eigenvalue weighted by atomic mass is 10.1. The van der Waals surface area contributed by atoms with E-state index < -0.39 is 0 Å². The van der Waals surface area contributed by atoms with Crippen molar-refractivity contribution in [2.45, 2.75) is 25.9 Å². The van der Waals surface area contributed by atoms with Crippen LogP contribution in [-0.4, -0.2) is 65.6 Å². The van der Waals surface area contributed by atoms with Gasteiger partial charge in [0.2, 0.25) is 0 Å². The predicted octanol–water partition coefficient (Wildman–Crippen LogP) is 2.16. The number of nitrogens with zero attached hydrogens (tertiary/aromatic N) is 2. The summed E-state index contributed by atoms with van der Waals surface area (Å²) in [5, 5.41) is 0.770. The fourth-order valence-electron chi connectivity index (χ4n) is 3.94. The summed E-state index contributed by atoms with van der Waals surface area (Å²) in [7, 11) is 0. The van der Waals surface area contributed by atoms with Crippen LogP contribution in [0.15, 0.2) is 18.2 Å². The minimum Gasteiger partial charge on any atom is -0.378 e. The molecule has 0 spiro atoms. The Morgan fingerprint density at radius 3 is 2.96 bits per heavy atom. The summed E-state index contributed by atoms with van der Waals surface area (Å²) in [6.07, 6.45) is 0. The maximum absolute atomic E-state index is 14.0. The highest BCUT2D eigenvalue weighted by Crippen LogP contribution is 2.26. The summed E-state index contributed by atoms with van der Waals surface area (Å²) in [6, 6.07) is 5.56. The molecule has 5 nitrogen and oxygen atoms in total. The van der Waals surface area contributed by atoms with Crippen molar-refractivity contribution < 1.29 is 13.9 Å². The summed E-state index contributed by atoms with van der Waals surface area (Å²) in [5.41, 5.74) is 1.71. The first-order chi connectivity index (χ1) is 11.6. The molecular weight excluding hydrogens is 309 g/mol. The Labute approximate surface area is 140 Å². The molecule has 2 aromatic rings. The van der Waals surface area contributed by atoms with Crippen LogP contribution in [0.4, 0.5) is 4.39 Å². The molecule has 128 valence electrons. The average molecular weight is 331 g/mol. The van der Waals surface area contributed by atoms with Crippen molar-refractivity contribution in [3.05, 3.63) is 35.3 Å². The number of aromatic amines is 1. The number of rotatable bonds is 1. The standard InChI is InChI=1S/C18H22FN3O2/c1-11-9-24-10-13-8-21(6-7-22(11)13)18(23)16-12(2)14-4-3-5-15(19)17(14)20-16/h3-5,11,13,20H,6-10H2,1-2H3/t11-,13+/m0/s1. The third-order valence-corrected chi connectivity index (χ3v) is 5.31. The van der Waals surface area contributed by atoms with Gasteiger partial charge < -0.3 is 14.6 Å². The van der Waals surface area contributed by atoms with Crippen molar-refractivity contribution in [2.24, 2.45) is 0 Å². The molecule has 1 aromatic heterocycles. The Morgan fingerprint density at radius 1 is 1.33 bits per heavy atom. The second kappa shape index (κ2) is 5.86. The third-order valence-electron chi connectivity index (χ3n) is 5.31. The largest absolute Gasteiger partial charge is 0.378 e. The maximum atomic E-state index is 14.0. The van der Waals surface area contributed by atoms with Gasteiger partial charge in [-0.05, 0) is 25.5 Å². The molecule has 2 aliphatic heterocycles. The molecule has 6 heteroatoms. The molecule has 2 fully saturated rings. The van der Waals surface area contributed by atoms with Crippen molar-refractivity contribution in [3.8, 4) is 0 Å². The predicted molar refractivity (Wildman–Crippen MR) is 89.7 cm³/mol. The summed E-state index contributed by atoms with van der Waals surface area (Å²) < 4.78 is 19.6. The first-order valence-corrected chi connectivity index (χ1v) is 8.46. The van der Waals surface area contributed by atoms with Crippen LogP contribution >= 0.6 is 0 Å². The molecule has 4 rings (SSSR count). The number of amides is 1. The van der Waals surface area contributed by atoms with E-state index in [-0.39, 0.29) is 17.8 Å². The highest BCUT2D eigenvalue weighted by molar-refractivity contribution is 6.01. The molecule has 3 heterocycles. The number of aryl methyl sites for hydroxylation is 1. The lowest BCUT2D eigenvalue weighted by Gasteiger charge is -2.46. The second-order valence-electron chi connectivity index (χ2n) is 6.82. The van der Waals surface area contributed by atoms with E-state index in [0.29, 0.717) is 36.9 Å². The van der Waals surface area contributed by atoms with E-state index in [1.165, 1.54) is 6.07 Å². The maximum Gasteiger partial charge on any atom is 0.270 e. The molecule has 0 bridgehead atoms. The van der Waals surface area contributed by atoms with Gasteiger partial charge in [0.05, 0.1) is 24.8 Å². The van der Waals surface area contributed by atoms with E-state index in [9.17, 15) is 9.18 Å². The van der Waals surface area contributed by atoms with Crippen molar-refractivity contribution in [1.29, 1.82) is 0 Å². The lowest BCUT2D eigenvalue weighted by molar-refractivity contribution is -0.0700. The topological polar surface area (TPSA) is 48.6 Å². The molecule has 2 saturated heterocycles. The smallest absolute Gasteiger partial charge is 0.270 e. The van der Waals surface area contributed by atoms with Gasteiger partial charge in [-0.1, -0.05) is 12.1 Å². The van der Waals surface area contributed by atoms with Gasteiger partial charge in [0.25, 0.3) is 5.91 Å². The summed E-state index contributed by atoms with van der Waals surface area (Å²) in [5.74, 6) is -0.380. The summed E-state index contributed by atoms with van der Waals surface area (Å²) in [4.78, 5) is 20.3. The molecule has 0 radical (unpaired) electrons. The fourth-order valence-corrected chi connectivity index (χ4v) is 3.94. The minimum atomic E-state index is -0.325. The summed E-state index contributed by atoms with van der Waals surface area (Å²) >= 11 is 0. The number of aromatic nitrogens is 1. The fraction of sp³-hybridized carbons (Fsp3) is 0.500. The second-order valence-corrected chi connectivity index (χ2v) is 6.82. The molecule has 2 atom stereocenters. The number of piperazine rings is 1. The highest BCUT2D eigenvalue weighted by atomic mass is 19.1. The van der Waals surface area contributed by atoms with Crippen LogP contribution in [0, 0.1) is 12.7 Å². The zero-order chi connectivity index (χ0) is 16.8. The molecule has 0 aliphatic carbocycles.